The molecule has 3 aromatic heterocycles. The maximum Gasteiger partial charge on any atom is 0.295 e. The fraction of sp³-hybridized carbons (Fsp3) is 0.333. The molecule has 0 atom stereocenters. The zero-order chi connectivity index (χ0) is 24.4. The molecule has 0 radical (unpaired) electrons. The van der Waals surface area contributed by atoms with Crippen molar-refractivity contribution in [2.75, 3.05) is 41.8 Å². The van der Waals surface area contributed by atoms with Crippen LogP contribution in [0.25, 0.3) is 21.7 Å². The summed E-state index contributed by atoms with van der Waals surface area (Å²) < 4.78 is 19.5. The number of benzene rings is 1. The number of rotatable bonds is 7. The van der Waals surface area contributed by atoms with E-state index in [2.05, 4.69) is 25.6 Å². The highest BCUT2D eigenvalue weighted by molar-refractivity contribution is 7.13. The van der Waals surface area contributed by atoms with E-state index in [1.54, 1.807) is 17.6 Å². The van der Waals surface area contributed by atoms with Gasteiger partial charge < -0.3 is 25.1 Å². The maximum absolute atomic E-state index is 13.8. The predicted molar refractivity (Wildman–Crippen MR) is 134 cm³/mol. The molecule has 1 fully saturated rings. The van der Waals surface area contributed by atoms with Crippen LogP contribution in [0.15, 0.2) is 40.3 Å². The molecule has 1 saturated heterocycles. The molecule has 4 heterocycles. The van der Waals surface area contributed by atoms with Gasteiger partial charge >= 0.3 is 0 Å². The third-order valence-electron chi connectivity index (χ3n) is 5.79. The van der Waals surface area contributed by atoms with Crippen LogP contribution in [0, 0.1) is 6.92 Å². The number of aryl methyl sites for hydroxylation is 1. The third kappa shape index (κ3) is 5.10. The van der Waals surface area contributed by atoms with Gasteiger partial charge in [-0.05, 0) is 38.0 Å². The second-order valence-corrected chi connectivity index (χ2v) is 9.20. The highest BCUT2D eigenvalue weighted by Crippen LogP contribution is 2.35. The number of carbonyl (C=O) groups excluding carboxylic acids is 1. The Morgan fingerprint density at radius 3 is 2.89 bits per heavy atom. The summed E-state index contributed by atoms with van der Waals surface area (Å²) in [5, 5.41) is 17.4. The molecule has 3 N–H and O–H groups in total. The number of aliphatic hydroxyl groups excluding tert-OH is 1. The van der Waals surface area contributed by atoms with Gasteiger partial charge in [-0.25, -0.2) is 9.37 Å². The lowest BCUT2D eigenvalue weighted by Crippen LogP contribution is -2.35. The standard InChI is InChI=1S/C24H25FN6O3S/c1-14-10-15(2-5-26-14)23-29-19(13-35-23)22(33)28-17-12-21-18(30-24(34-21)27-6-9-32)11-20(17)31-7-3-16(25)4-8-31/h2,5,10-13,16,32H,3-4,6-9H2,1H3,(H,27,30)(H,28,33). The number of pyridine rings is 1. The number of oxazole rings is 1. The molecule has 1 aliphatic rings. The Balaban J connectivity index is 1.44. The number of halogens is 1. The average Bonchev–Trinajstić information content (AvgIpc) is 3.50. The van der Waals surface area contributed by atoms with Crippen molar-refractivity contribution in [1.82, 2.24) is 15.0 Å². The quantitative estimate of drug-likeness (QED) is 0.348. The summed E-state index contributed by atoms with van der Waals surface area (Å²) in [7, 11) is 0. The Bertz CT molecular complexity index is 1350. The highest BCUT2D eigenvalue weighted by atomic mass is 32.1. The van der Waals surface area contributed by atoms with Crippen LogP contribution >= 0.6 is 11.3 Å². The molecule has 182 valence electrons. The first kappa shape index (κ1) is 23.2. The number of hydrogen-bond acceptors (Lipinski definition) is 9. The topological polar surface area (TPSA) is 116 Å². The summed E-state index contributed by atoms with van der Waals surface area (Å²) in [6, 6.07) is 7.63. The fourth-order valence-corrected chi connectivity index (χ4v) is 4.82. The Hall–Kier alpha value is -3.57. The molecule has 0 saturated carbocycles. The zero-order valence-corrected chi connectivity index (χ0v) is 19.9. The number of piperidine rings is 1. The van der Waals surface area contributed by atoms with Crippen molar-refractivity contribution in [3.05, 3.63) is 47.2 Å². The van der Waals surface area contributed by atoms with Crippen molar-refractivity contribution in [2.24, 2.45) is 0 Å². The van der Waals surface area contributed by atoms with Gasteiger partial charge in [0.2, 0.25) is 0 Å². The first-order chi connectivity index (χ1) is 17.0. The minimum atomic E-state index is -0.820. The van der Waals surface area contributed by atoms with Crippen molar-refractivity contribution in [2.45, 2.75) is 25.9 Å². The number of hydrogen-bond donors (Lipinski definition) is 3. The largest absolute Gasteiger partial charge is 0.423 e. The van der Waals surface area contributed by atoms with E-state index in [9.17, 15) is 9.18 Å². The molecule has 1 aromatic carbocycles. The molecular weight excluding hydrogens is 471 g/mol. The summed E-state index contributed by atoms with van der Waals surface area (Å²) >= 11 is 1.39. The average molecular weight is 497 g/mol. The molecule has 35 heavy (non-hydrogen) atoms. The summed E-state index contributed by atoms with van der Waals surface area (Å²) in [4.78, 5) is 28.3. The third-order valence-corrected chi connectivity index (χ3v) is 6.68. The van der Waals surface area contributed by atoms with Gasteiger partial charge in [0, 0.05) is 48.5 Å². The van der Waals surface area contributed by atoms with Crippen LogP contribution in [0.4, 0.5) is 21.8 Å². The van der Waals surface area contributed by atoms with E-state index in [1.807, 2.05) is 30.0 Å². The van der Waals surface area contributed by atoms with Crippen molar-refractivity contribution in [1.29, 1.82) is 0 Å². The van der Waals surface area contributed by atoms with Crippen molar-refractivity contribution in [3.63, 3.8) is 0 Å². The SMILES string of the molecule is Cc1cc(-c2nc(C(=O)Nc3cc4oc(NCCO)nc4cc3N3CCC(F)CC3)cs2)ccn1. The van der Waals surface area contributed by atoms with Crippen molar-refractivity contribution in [3.8, 4) is 10.6 Å². The van der Waals surface area contributed by atoms with Gasteiger partial charge in [0.05, 0.1) is 18.0 Å². The van der Waals surface area contributed by atoms with Gasteiger partial charge in [-0.1, -0.05) is 0 Å². The van der Waals surface area contributed by atoms with Gasteiger partial charge in [-0.2, -0.15) is 4.98 Å². The number of aromatic nitrogens is 3. The molecule has 1 aliphatic heterocycles. The van der Waals surface area contributed by atoms with E-state index in [0.29, 0.717) is 55.0 Å². The lowest BCUT2D eigenvalue weighted by Gasteiger charge is -2.32. The van der Waals surface area contributed by atoms with Gasteiger partial charge in [0.25, 0.3) is 11.9 Å². The Kier molecular flexibility index (Phi) is 6.60. The predicted octanol–water partition coefficient (Wildman–Crippen LogP) is 4.25. The smallest absolute Gasteiger partial charge is 0.295 e. The molecule has 0 aliphatic carbocycles. The molecular formula is C24H25FN6O3S. The van der Waals surface area contributed by atoms with Crippen molar-refractivity contribution < 1.29 is 18.7 Å². The van der Waals surface area contributed by atoms with E-state index in [0.717, 1.165) is 22.0 Å². The molecule has 4 aromatic rings. The number of thiazole rings is 1. The number of carbonyl (C=O) groups is 1. The lowest BCUT2D eigenvalue weighted by molar-refractivity contribution is 0.102. The van der Waals surface area contributed by atoms with E-state index in [1.165, 1.54) is 11.3 Å². The number of fused-ring (bicyclic) bond motifs is 1. The normalized spacial score (nSPS) is 14.4. The van der Waals surface area contributed by atoms with Crippen LogP contribution in [0.5, 0.6) is 0 Å². The van der Waals surface area contributed by atoms with Gasteiger partial charge in [-0.15, -0.1) is 11.3 Å². The van der Waals surface area contributed by atoms with Crippen LogP contribution in [-0.2, 0) is 0 Å². The van der Waals surface area contributed by atoms with Gasteiger partial charge in [0.1, 0.15) is 22.4 Å². The van der Waals surface area contributed by atoms with E-state index >= 15 is 0 Å². The number of aliphatic hydroxyl groups is 1. The van der Waals surface area contributed by atoms with Crippen molar-refractivity contribution >= 4 is 45.7 Å². The van der Waals surface area contributed by atoms with Crippen LogP contribution in [0.2, 0.25) is 0 Å². The van der Waals surface area contributed by atoms with E-state index < -0.39 is 6.17 Å². The van der Waals surface area contributed by atoms with Gasteiger partial charge in [0.15, 0.2) is 5.58 Å². The van der Waals surface area contributed by atoms with Gasteiger partial charge in [-0.3, -0.25) is 9.78 Å². The molecule has 9 nitrogen and oxygen atoms in total. The van der Waals surface area contributed by atoms with Crippen LogP contribution < -0.4 is 15.5 Å². The second-order valence-electron chi connectivity index (χ2n) is 8.35. The lowest BCUT2D eigenvalue weighted by atomic mass is 10.1. The van der Waals surface area contributed by atoms with E-state index in [4.69, 9.17) is 9.52 Å². The fourth-order valence-electron chi connectivity index (χ4n) is 4.03. The van der Waals surface area contributed by atoms with Crippen LogP contribution in [0.3, 0.4) is 0 Å². The number of amides is 1. The highest BCUT2D eigenvalue weighted by Gasteiger charge is 2.24. The molecule has 0 unspecified atom stereocenters. The molecule has 11 heteroatoms. The first-order valence-corrected chi connectivity index (χ1v) is 12.3. The summed E-state index contributed by atoms with van der Waals surface area (Å²) in [5.41, 5.74) is 4.46. The Labute approximate surface area is 205 Å². The molecule has 1 amide bonds. The number of nitrogens with one attached hydrogen (secondary N) is 2. The van der Waals surface area contributed by atoms with E-state index in [-0.39, 0.29) is 18.5 Å². The Morgan fingerprint density at radius 1 is 1.29 bits per heavy atom. The first-order valence-electron chi connectivity index (χ1n) is 11.4. The summed E-state index contributed by atoms with van der Waals surface area (Å²) in [6.45, 7) is 3.22. The summed E-state index contributed by atoms with van der Waals surface area (Å²) in [5.74, 6) is -0.350. The minimum Gasteiger partial charge on any atom is -0.423 e. The number of nitrogens with zero attached hydrogens (tertiary/aromatic N) is 4. The zero-order valence-electron chi connectivity index (χ0n) is 19.1. The number of alkyl halides is 1. The minimum absolute atomic E-state index is 0.0574. The summed E-state index contributed by atoms with van der Waals surface area (Å²) in [6.07, 6.45) is 1.75. The molecule has 0 spiro atoms. The van der Waals surface area contributed by atoms with Crippen LogP contribution in [-0.4, -0.2) is 58.4 Å². The maximum atomic E-state index is 13.8. The molecule has 5 rings (SSSR count). The molecule has 0 bridgehead atoms. The number of anilines is 3. The van der Waals surface area contributed by atoms with Crippen LogP contribution in [0.1, 0.15) is 29.0 Å². The Morgan fingerprint density at radius 2 is 2.11 bits per heavy atom. The second kappa shape index (κ2) is 9.96. The monoisotopic (exact) mass is 496 g/mol.